The highest BCUT2D eigenvalue weighted by Crippen LogP contribution is 2.26. The predicted octanol–water partition coefficient (Wildman–Crippen LogP) is 4.25. The number of non-ortho nitro benzene ring substituents is 1. The average Bonchev–Trinajstić information content (AvgIpc) is 2.55. The van der Waals surface area contributed by atoms with E-state index in [4.69, 9.17) is 4.74 Å². The third-order valence-corrected chi connectivity index (χ3v) is 4.08. The molecular formula is C17H17BrN2O4. The van der Waals surface area contributed by atoms with Crippen LogP contribution in [0.25, 0.3) is 0 Å². The fourth-order valence-electron chi connectivity index (χ4n) is 2.11. The van der Waals surface area contributed by atoms with E-state index >= 15 is 0 Å². The van der Waals surface area contributed by atoms with E-state index in [0.29, 0.717) is 17.0 Å². The number of nitro groups is 1. The van der Waals surface area contributed by atoms with Gasteiger partial charge in [-0.3, -0.25) is 14.9 Å². The van der Waals surface area contributed by atoms with Crippen molar-refractivity contribution in [3.63, 3.8) is 0 Å². The number of hydrogen-bond donors (Lipinski definition) is 1. The Hall–Kier alpha value is -2.41. The number of hydrogen-bond acceptors (Lipinski definition) is 4. The molecule has 0 saturated heterocycles. The average molecular weight is 393 g/mol. The highest BCUT2D eigenvalue weighted by molar-refractivity contribution is 9.10. The number of nitrogens with zero attached hydrogens (tertiary/aromatic N) is 1. The van der Waals surface area contributed by atoms with Crippen LogP contribution in [-0.2, 0) is 11.2 Å². The quantitative estimate of drug-likeness (QED) is 0.588. The fourth-order valence-corrected chi connectivity index (χ4v) is 2.65. The summed E-state index contributed by atoms with van der Waals surface area (Å²) in [5.41, 5.74) is 2.29. The van der Waals surface area contributed by atoms with Crippen molar-refractivity contribution in [3.05, 3.63) is 62.1 Å². The van der Waals surface area contributed by atoms with Gasteiger partial charge in [-0.2, -0.15) is 0 Å². The molecule has 7 heteroatoms. The highest BCUT2D eigenvalue weighted by Gasteiger charge is 2.11. The van der Waals surface area contributed by atoms with Crippen molar-refractivity contribution in [2.75, 3.05) is 11.9 Å². The molecule has 2 aromatic rings. The molecule has 1 amide bonds. The van der Waals surface area contributed by atoms with E-state index in [2.05, 4.69) is 28.2 Å². The summed E-state index contributed by atoms with van der Waals surface area (Å²) in [6.45, 7) is 3.60. The van der Waals surface area contributed by atoms with Crippen molar-refractivity contribution in [1.29, 1.82) is 0 Å². The molecule has 2 aromatic carbocycles. The molecule has 0 aliphatic carbocycles. The van der Waals surface area contributed by atoms with Crippen LogP contribution in [0.4, 0.5) is 11.4 Å². The number of amides is 1. The molecule has 0 atom stereocenters. The minimum absolute atomic E-state index is 0.0123. The topological polar surface area (TPSA) is 81.5 Å². The van der Waals surface area contributed by atoms with E-state index in [1.807, 2.05) is 18.2 Å². The van der Waals surface area contributed by atoms with Crippen LogP contribution in [0.2, 0.25) is 0 Å². The Morgan fingerprint density at radius 2 is 2.04 bits per heavy atom. The first kappa shape index (κ1) is 17.9. The molecule has 24 heavy (non-hydrogen) atoms. The first-order chi connectivity index (χ1) is 11.4. The monoisotopic (exact) mass is 392 g/mol. The lowest BCUT2D eigenvalue weighted by molar-refractivity contribution is -0.384. The molecule has 0 unspecified atom stereocenters. The summed E-state index contributed by atoms with van der Waals surface area (Å²) >= 11 is 3.42. The summed E-state index contributed by atoms with van der Waals surface area (Å²) < 4.78 is 6.30. The molecule has 2 rings (SSSR count). The Morgan fingerprint density at radius 3 is 2.62 bits per heavy atom. The van der Waals surface area contributed by atoms with Gasteiger partial charge in [0.25, 0.3) is 11.6 Å². The van der Waals surface area contributed by atoms with E-state index in [9.17, 15) is 14.9 Å². The van der Waals surface area contributed by atoms with Gasteiger partial charge in [0.15, 0.2) is 6.61 Å². The first-order valence-corrected chi connectivity index (χ1v) is 8.16. The fraction of sp³-hybridized carbons (Fsp3) is 0.235. The summed E-state index contributed by atoms with van der Waals surface area (Å²) in [5, 5.41) is 13.4. The third-order valence-electron chi connectivity index (χ3n) is 3.46. The van der Waals surface area contributed by atoms with Gasteiger partial charge in [-0.05, 0) is 58.6 Å². The van der Waals surface area contributed by atoms with Crippen LogP contribution in [-0.4, -0.2) is 17.4 Å². The summed E-state index contributed by atoms with van der Waals surface area (Å²) in [4.78, 5) is 22.3. The van der Waals surface area contributed by atoms with Gasteiger partial charge < -0.3 is 10.1 Å². The van der Waals surface area contributed by atoms with Crippen LogP contribution in [0, 0.1) is 17.0 Å². The van der Waals surface area contributed by atoms with Crippen LogP contribution >= 0.6 is 15.9 Å². The number of rotatable bonds is 6. The highest BCUT2D eigenvalue weighted by atomic mass is 79.9. The number of anilines is 1. The molecule has 0 aliphatic rings. The lowest BCUT2D eigenvalue weighted by Gasteiger charge is -2.11. The van der Waals surface area contributed by atoms with E-state index in [0.717, 1.165) is 10.9 Å². The van der Waals surface area contributed by atoms with Gasteiger partial charge in [0.05, 0.1) is 9.40 Å². The first-order valence-electron chi connectivity index (χ1n) is 7.36. The van der Waals surface area contributed by atoms with Crippen LogP contribution in [0.3, 0.4) is 0 Å². The maximum Gasteiger partial charge on any atom is 0.269 e. The number of nitro benzene ring substituents is 1. The van der Waals surface area contributed by atoms with E-state index in [-0.39, 0.29) is 18.2 Å². The zero-order chi connectivity index (χ0) is 17.7. The standard InChI is InChI=1S/C17H17BrN2O4/c1-3-12-4-7-16(14(18)9-12)24-10-17(21)19-15-6-5-13(20(22)23)8-11(15)2/h4-9H,3,10H2,1-2H3,(H,19,21). The molecule has 126 valence electrons. The van der Waals surface area contributed by atoms with Crippen molar-refractivity contribution in [1.82, 2.24) is 0 Å². The third kappa shape index (κ3) is 4.55. The van der Waals surface area contributed by atoms with Crippen molar-refractivity contribution < 1.29 is 14.5 Å². The van der Waals surface area contributed by atoms with Gasteiger partial charge in [-0.1, -0.05) is 13.0 Å². The number of carbonyl (C=O) groups excluding carboxylic acids is 1. The van der Waals surface area contributed by atoms with Crippen molar-refractivity contribution in [2.24, 2.45) is 0 Å². The maximum atomic E-state index is 12.0. The van der Waals surface area contributed by atoms with Gasteiger partial charge in [0.1, 0.15) is 5.75 Å². The SMILES string of the molecule is CCc1ccc(OCC(=O)Nc2ccc([N+](=O)[O-])cc2C)c(Br)c1. The second kappa shape index (κ2) is 7.92. The number of carbonyl (C=O) groups is 1. The molecule has 0 bridgehead atoms. The Morgan fingerprint density at radius 1 is 1.29 bits per heavy atom. The van der Waals surface area contributed by atoms with Crippen molar-refractivity contribution >= 4 is 33.2 Å². The maximum absolute atomic E-state index is 12.0. The zero-order valence-corrected chi connectivity index (χ0v) is 14.9. The summed E-state index contributed by atoms with van der Waals surface area (Å²) in [5.74, 6) is 0.251. The number of benzene rings is 2. The van der Waals surface area contributed by atoms with Gasteiger partial charge in [-0.15, -0.1) is 0 Å². The van der Waals surface area contributed by atoms with Gasteiger partial charge >= 0.3 is 0 Å². The van der Waals surface area contributed by atoms with E-state index in [1.165, 1.54) is 23.8 Å². The molecule has 0 fully saturated rings. The second-order valence-corrected chi connectivity index (χ2v) is 6.07. The van der Waals surface area contributed by atoms with Crippen LogP contribution < -0.4 is 10.1 Å². The lowest BCUT2D eigenvalue weighted by Crippen LogP contribution is -2.20. The molecule has 0 spiro atoms. The van der Waals surface area contributed by atoms with Crippen molar-refractivity contribution in [2.45, 2.75) is 20.3 Å². The molecular weight excluding hydrogens is 376 g/mol. The Kier molecular flexibility index (Phi) is 5.92. The molecule has 1 N–H and O–H groups in total. The molecule has 0 aliphatic heterocycles. The van der Waals surface area contributed by atoms with E-state index in [1.54, 1.807) is 6.92 Å². The van der Waals surface area contributed by atoms with Gasteiger partial charge in [0.2, 0.25) is 0 Å². The summed E-state index contributed by atoms with van der Waals surface area (Å²) in [6, 6.07) is 9.98. The number of aryl methyl sites for hydroxylation is 2. The largest absolute Gasteiger partial charge is 0.483 e. The van der Waals surface area contributed by atoms with Crippen LogP contribution in [0.5, 0.6) is 5.75 Å². The van der Waals surface area contributed by atoms with Gasteiger partial charge in [0, 0.05) is 17.8 Å². The summed E-state index contributed by atoms with van der Waals surface area (Å²) in [7, 11) is 0. The number of ether oxygens (including phenoxy) is 1. The number of nitrogens with one attached hydrogen (secondary N) is 1. The van der Waals surface area contributed by atoms with Crippen LogP contribution in [0.1, 0.15) is 18.1 Å². The molecule has 0 saturated carbocycles. The zero-order valence-electron chi connectivity index (χ0n) is 13.3. The molecule has 0 heterocycles. The Labute approximate surface area is 148 Å². The minimum Gasteiger partial charge on any atom is -0.483 e. The Bertz CT molecular complexity index is 777. The predicted molar refractivity (Wildman–Crippen MR) is 95.5 cm³/mol. The minimum atomic E-state index is -0.473. The van der Waals surface area contributed by atoms with Gasteiger partial charge in [-0.25, -0.2) is 0 Å². The smallest absolute Gasteiger partial charge is 0.269 e. The molecule has 0 aromatic heterocycles. The van der Waals surface area contributed by atoms with Crippen molar-refractivity contribution in [3.8, 4) is 5.75 Å². The number of halogens is 1. The van der Waals surface area contributed by atoms with Crippen LogP contribution in [0.15, 0.2) is 40.9 Å². The lowest BCUT2D eigenvalue weighted by atomic mass is 10.2. The normalized spacial score (nSPS) is 10.3. The van der Waals surface area contributed by atoms with E-state index < -0.39 is 4.92 Å². The molecule has 0 radical (unpaired) electrons. The Balaban J connectivity index is 1.97. The summed E-state index contributed by atoms with van der Waals surface area (Å²) in [6.07, 6.45) is 0.915. The molecule has 6 nitrogen and oxygen atoms in total. The second-order valence-electron chi connectivity index (χ2n) is 5.21.